The number of halogens is 2. The van der Waals surface area contributed by atoms with Crippen molar-refractivity contribution in [2.75, 3.05) is 5.73 Å². The molecule has 0 aliphatic carbocycles. The average molecular weight is 208 g/mol. The molecule has 0 unspecified atom stereocenters. The molecule has 0 fully saturated rings. The summed E-state index contributed by atoms with van der Waals surface area (Å²) in [6.45, 7) is 0. The molecule has 0 aliphatic rings. The van der Waals surface area contributed by atoms with Crippen LogP contribution in [0.15, 0.2) is 12.1 Å². The summed E-state index contributed by atoms with van der Waals surface area (Å²) in [5.74, 6) is -2.86. The highest BCUT2D eigenvalue weighted by Crippen LogP contribution is 2.21. The first-order valence-electron chi connectivity index (χ1n) is 3.03. The molecule has 0 saturated carbocycles. The molecule has 1 aromatic rings. The van der Waals surface area contributed by atoms with Crippen LogP contribution in [-0.2, 0) is 0 Å². The molecule has 13 heavy (non-hydrogen) atoms. The Morgan fingerprint density at radius 1 is 1.46 bits per heavy atom. The number of hydrogen-bond donors (Lipinski definition) is 3. The molecular formula is C7H7ClFNO3. The first-order valence-corrected chi connectivity index (χ1v) is 3.03. The molecule has 0 amide bonds. The lowest BCUT2D eigenvalue weighted by atomic mass is 10.2. The minimum Gasteiger partial charge on any atom is -0.508 e. The molecular weight excluding hydrogens is 201 g/mol. The molecule has 0 radical (unpaired) electrons. The number of hydrogen-bond acceptors (Lipinski definition) is 3. The Labute approximate surface area is 79.2 Å². The highest BCUT2D eigenvalue weighted by Gasteiger charge is 2.13. The van der Waals surface area contributed by atoms with Gasteiger partial charge in [-0.2, -0.15) is 0 Å². The van der Waals surface area contributed by atoms with Gasteiger partial charge in [0.05, 0.1) is 5.69 Å². The van der Waals surface area contributed by atoms with E-state index in [-0.39, 0.29) is 23.8 Å². The number of aromatic hydroxyl groups is 1. The molecule has 6 heteroatoms. The number of aromatic carboxylic acids is 1. The van der Waals surface area contributed by atoms with Crippen LogP contribution < -0.4 is 5.73 Å². The SMILES string of the molecule is Cl.Nc1cc(O)cc(C(=O)O)c1F. The first kappa shape index (κ1) is 11.5. The Morgan fingerprint density at radius 2 is 2.00 bits per heavy atom. The second-order valence-corrected chi connectivity index (χ2v) is 2.20. The van der Waals surface area contributed by atoms with Crippen LogP contribution in [0.3, 0.4) is 0 Å². The predicted octanol–water partition coefficient (Wildman–Crippen LogP) is 1.23. The van der Waals surface area contributed by atoms with Crippen LogP contribution >= 0.6 is 12.4 Å². The molecule has 0 aromatic heterocycles. The number of anilines is 1. The van der Waals surface area contributed by atoms with E-state index in [9.17, 15) is 9.18 Å². The molecule has 0 bridgehead atoms. The molecule has 0 atom stereocenters. The van der Waals surface area contributed by atoms with Gasteiger partial charge in [-0.3, -0.25) is 0 Å². The number of nitrogens with two attached hydrogens (primary N) is 1. The van der Waals surface area contributed by atoms with Gasteiger partial charge in [-0.25, -0.2) is 9.18 Å². The number of carbonyl (C=O) groups is 1. The van der Waals surface area contributed by atoms with E-state index in [4.69, 9.17) is 15.9 Å². The van der Waals surface area contributed by atoms with Crippen LogP contribution in [-0.4, -0.2) is 16.2 Å². The molecule has 4 nitrogen and oxygen atoms in total. The summed E-state index contributed by atoms with van der Waals surface area (Å²) in [6.07, 6.45) is 0. The molecule has 1 rings (SSSR count). The summed E-state index contributed by atoms with van der Waals surface area (Å²) in [6, 6.07) is 1.75. The van der Waals surface area contributed by atoms with Crippen molar-refractivity contribution in [2.24, 2.45) is 0 Å². The quantitative estimate of drug-likeness (QED) is 0.605. The van der Waals surface area contributed by atoms with Crippen LogP contribution in [0.5, 0.6) is 5.75 Å². The third kappa shape index (κ3) is 2.22. The lowest BCUT2D eigenvalue weighted by Gasteiger charge is -2.01. The predicted molar refractivity (Wildman–Crippen MR) is 46.7 cm³/mol. The van der Waals surface area contributed by atoms with Gasteiger partial charge < -0.3 is 15.9 Å². The Kier molecular flexibility index (Phi) is 3.50. The van der Waals surface area contributed by atoms with E-state index in [1.807, 2.05) is 0 Å². The van der Waals surface area contributed by atoms with Crippen molar-refractivity contribution >= 4 is 24.1 Å². The van der Waals surface area contributed by atoms with E-state index in [0.29, 0.717) is 0 Å². The molecule has 1 aromatic carbocycles. The highest BCUT2D eigenvalue weighted by molar-refractivity contribution is 5.89. The van der Waals surface area contributed by atoms with E-state index in [0.717, 1.165) is 12.1 Å². The largest absolute Gasteiger partial charge is 0.508 e. The first-order chi connectivity index (χ1) is 5.52. The monoisotopic (exact) mass is 207 g/mol. The number of nitrogen functional groups attached to an aromatic ring is 1. The molecule has 4 N–H and O–H groups in total. The summed E-state index contributed by atoms with van der Waals surface area (Å²) in [7, 11) is 0. The van der Waals surface area contributed by atoms with Crippen molar-refractivity contribution in [2.45, 2.75) is 0 Å². The Balaban J connectivity index is 0.00000144. The third-order valence-electron chi connectivity index (χ3n) is 1.32. The number of carboxylic acid groups (broad SMARTS) is 1. The minimum atomic E-state index is -1.46. The summed E-state index contributed by atoms with van der Waals surface area (Å²) in [5, 5.41) is 17.3. The van der Waals surface area contributed by atoms with Crippen molar-refractivity contribution in [3.63, 3.8) is 0 Å². The van der Waals surface area contributed by atoms with Gasteiger partial charge in [0.15, 0.2) is 5.82 Å². The Bertz CT molecular complexity index is 343. The molecule has 72 valence electrons. The van der Waals surface area contributed by atoms with Gasteiger partial charge in [-0.1, -0.05) is 0 Å². The number of phenolic OH excluding ortho intramolecular Hbond substituents is 1. The number of carboxylic acids is 1. The maximum Gasteiger partial charge on any atom is 0.338 e. The van der Waals surface area contributed by atoms with E-state index in [1.165, 1.54) is 0 Å². The summed E-state index contributed by atoms with van der Waals surface area (Å²) in [5.41, 5.74) is 4.05. The zero-order valence-corrected chi connectivity index (χ0v) is 7.14. The fraction of sp³-hybridized carbons (Fsp3) is 0. The summed E-state index contributed by atoms with van der Waals surface area (Å²) < 4.78 is 12.8. The van der Waals surface area contributed by atoms with E-state index >= 15 is 0 Å². The van der Waals surface area contributed by atoms with Crippen LogP contribution in [0.4, 0.5) is 10.1 Å². The topological polar surface area (TPSA) is 83.5 Å². The van der Waals surface area contributed by atoms with Crippen molar-refractivity contribution in [3.8, 4) is 5.75 Å². The van der Waals surface area contributed by atoms with Gasteiger partial charge in [0.2, 0.25) is 0 Å². The third-order valence-corrected chi connectivity index (χ3v) is 1.32. The summed E-state index contributed by atoms with van der Waals surface area (Å²) in [4.78, 5) is 10.3. The van der Waals surface area contributed by atoms with Crippen LogP contribution in [0, 0.1) is 5.82 Å². The standard InChI is InChI=1S/C7H6FNO3.ClH/c8-6-4(7(11)12)1-3(10)2-5(6)9;/h1-2,10H,9H2,(H,11,12);1H. The van der Waals surface area contributed by atoms with Crippen LogP contribution in [0.25, 0.3) is 0 Å². The lowest BCUT2D eigenvalue weighted by Crippen LogP contribution is -2.03. The smallest absolute Gasteiger partial charge is 0.338 e. The van der Waals surface area contributed by atoms with Gasteiger partial charge in [-0.05, 0) is 6.07 Å². The number of phenols is 1. The van der Waals surface area contributed by atoms with Crippen molar-refractivity contribution in [3.05, 3.63) is 23.5 Å². The lowest BCUT2D eigenvalue weighted by molar-refractivity contribution is 0.0691. The second kappa shape index (κ2) is 3.95. The Hall–Kier alpha value is -1.49. The molecule has 0 spiro atoms. The fourth-order valence-corrected chi connectivity index (χ4v) is 0.787. The van der Waals surface area contributed by atoms with Gasteiger partial charge in [0, 0.05) is 6.07 Å². The maximum absolute atomic E-state index is 12.8. The van der Waals surface area contributed by atoms with Crippen molar-refractivity contribution < 1.29 is 19.4 Å². The van der Waals surface area contributed by atoms with Crippen LogP contribution in [0.1, 0.15) is 10.4 Å². The summed E-state index contributed by atoms with van der Waals surface area (Å²) >= 11 is 0. The molecule has 0 heterocycles. The van der Waals surface area contributed by atoms with Crippen molar-refractivity contribution in [1.82, 2.24) is 0 Å². The van der Waals surface area contributed by atoms with E-state index in [2.05, 4.69) is 0 Å². The average Bonchev–Trinajstić information content (AvgIpc) is 1.96. The Morgan fingerprint density at radius 3 is 2.46 bits per heavy atom. The van der Waals surface area contributed by atoms with E-state index < -0.39 is 17.3 Å². The highest BCUT2D eigenvalue weighted by atomic mass is 35.5. The van der Waals surface area contributed by atoms with Gasteiger partial charge >= 0.3 is 5.97 Å². The zero-order chi connectivity index (χ0) is 9.30. The zero-order valence-electron chi connectivity index (χ0n) is 6.32. The van der Waals surface area contributed by atoms with Gasteiger partial charge in [0.25, 0.3) is 0 Å². The number of rotatable bonds is 1. The maximum atomic E-state index is 12.8. The van der Waals surface area contributed by atoms with Crippen LogP contribution in [0.2, 0.25) is 0 Å². The van der Waals surface area contributed by atoms with E-state index in [1.54, 1.807) is 0 Å². The fourth-order valence-electron chi connectivity index (χ4n) is 0.787. The van der Waals surface area contributed by atoms with Crippen molar-refractivity contribution in [1.29, 1.82) is 0 Å². The second-order valence-electron chi connectivity index (χ2n) is 2.20. The minimum absolute atomic E-state index is 0. The molecule has 0 saturated heterocycles. The van der Waals surface area contributed by atoms with Gasteiger partial charge in [0.1, 0.15) is 11.3 Å². The normalized spacial score (nSPS) is 9.00. The molecule has 0 aliphatic heterocycles. The van der Waals surface area contributed by atoms with Gasteiger partial charge in [-0.15, -0.1) is 12.4 Å². The number of benzene rings is 1.